The summed E-state index contributed by atoms with van der Waals surface area (Å²) in [7, 11) is -6.24. The third-order valence-corrected chi connectivity index (χ3v) is 51.7. The van der Waals surface area contributed by atoms with E-state index < -0.39 is 30.4 Å². The standard InChI is InChI=1S/C26H44Si4/c1-21(2)25-29(27(5,6)7,23-17-13-11-14-18-23)26(22(3)4)30(25,28(8,9)10)24-19-15-12-16-20-24/h11-22,25-26H,1-10H3. The molecule has 0 N–H and O–H groups in total. The summed E-state index contributed by atoms with van der Waals surface area (Å²) in [4.78, 5) is 0. The fourth-order valence-electron chi connectivity index (χ4n) is 7.99. The second-order valence-corrected chi connectivity index (χ2v) is 43.7. The van der Waals surface area contributed by atoms with E-state index in [4.69, 9.17) is 0 Å². The third kappa shape index (κ3) is 3.16. The first-order chi connectivity index (χ1) is 13.8. The molecule has 0 radical (unpaired) electrons. The first kappa shape index (κ1) is 24.0. The summed E-state index contributed by atoms with van der Waals surface area (Å²) < 4.78 is 0. The molecule has 4 heteroatoms. The van der Waals surface area contributed by atoms with Gasteiger partial charge in [-0.05, 0) is 22.2 Å². The van der Waals surface area contributed by atoms with Crippen LogP contribution in [0.1, 0.15) is 27.7 Å². The summed E-state index contributed by atoms with van der Waals surface area (Å²) >= 11 is 0. The summed E-state index contributed by atoms with van der Waals surface area (Å²) in [5.41, 5.74) is 0. The molecule has 0 amide bonds. The predicted octanol–water partition coefficient (Wildman–Crippen LogP) is 6.68. The molecule has 1 aliphatic heterocycles. The van der Waals surface area contributed by atoms with Crippen molar-refractivity contribution in [2.45, 2.75) is 77.3 Å². The molecule has 0 aromatic heterocycles. The first-order valence-electron chi connectivity index (χ1n) is 12.0. The Labute approximate surface area is 190 Å². The Morgan fingerprint density at radius 2 is 0.800 bits per heavy atom. The van der Waals surface area contributed by atoms with Gasteiger partial charge in [-0.1, -0.05) is 138 Å². The zero-order chi connectivity index (χ0) is 22.5. The number of hydrogen-bond acceptors (Lipinski definition) is 0. The van der Waals surface area contributed by atoms with Gasteiger partial charge in [0.25, 0.3) is 0 Å². The topological polar surface area (TPSA) is 0 Å². The molecule has 0 atom stereocenters. The number of rotatable bonds is 6. The highest BCUT2D eigenvalue weighted by Crippen LogP contribution is 2.67. The van der Waals surface area contributed by atoms with E-state index in [1.54, 1.807) is 10.4 Å². The van der Waals surface area contributed by atoms with Crippen molar-refractivity contribution in [3.63, 3.8) is 0 Å². The molecule has 0 bridgehead atoms. The Hall–Kier alpha value is -0.692. The fourth-order valence-corrected chi connectivity index (χ4v) is 77.8. The van der Waals surface area contributed by atoms with Gasteiger partial charge in [-0.15, -0.1) is 0 Å². The quantitative estimate of drug-likeness (QED) is 0.415. The van der Waals surface area contributed by atoms with Crippen molar-refractivity contribution in [1.82, 2.24) is 0 Å². The monoisotopic (exact) mass is 468 g/mol. The highest BCUT2D eigenvalue weighted by atomic mass is 29.3. The second-order valence-electron chi connectivity index (χ2n) is 12.4. The van der Waals surface area contributed by atoms with E-state index in [-0.39, 0.29) is 0 Å². The first-order valence-corrected chi connectivity index (χ1v) is 25.3. The van der Waals surface area contributed by atoms with Gasteiger partial charge >= 0.3 is 0 Å². The van der Waals surface area contributed by atoms with Gasteiger partial charge in [-0.2, -0.15) is 0 Å². The molecule has 0 nitrogen and oxygen atoms in total. The van der Waals surface area contributed by atoms with E-state index in [0.717, 1.165) is 22.2 Å². The number of benzene rings is 2. The van der Waals surface area contributed by atoms with Crippen LogP contribution >= 0.6 is 0 Å². The molecular weight excluding hydrogens is 425 g/mol. The maximum Gasteiger partial charge on any atom is 0.0812 e. The highest BCUT2D eigenvalue weighted by Gasteiger charge is 2.80. The molecule has 0 unspecified atom stereocenters. The lowest BCUT2D eigenvalue weighted by molar-refractivity contribution is 0.583. The van der Waals surface area contributed by atoms with Crippen LogP contribution in [0.2, 0.25) is 49.6 Å². The Morgan fingerprint density at radius 1 is 0.533 bits per heavy atom. The van der Waals surface area contributed by atoms with Crippen molar-refractivity contribution in [3.8, 4) is 0 Å². The molecule has 164 valence electrons. The van der Waals surface area contributed by atoms with Crippen LogP contribution in [-0.4, -0.2) is 30.4 Å². The lowest BCUT2D eigenvalue weighted by Crippen LogP contribution is -2.96. The van der Waals surface area contributed by atoms with Crippen LogP contribution in [-0.2, 0) is 0 Å². The molecule has 0 saturated carbocycles. The van der Waals surface area contributed by atoms with Crippen LogP contribution in [0.15, 0.2) is 60.7 Å². The van der Waals surface area contributed by atoms with Crippen molar-refractivity contribution >= 4 is 40.7 Å². The van der Waals surface area contributed by atoms with E-state index >= 15 is 0 Å². The molecule has 2 aromatic rings. The van der Waals surface area contributed by atoms with Crippen LogP contribution in [0.25, 0.3) is 0 Å². The van der Waals surface area contributed by atoms with Crippen molar-refractivity contribution < 1.29 is 0 Å². The van der Waals surface area contributed by atoms with E-state index in [1.807, 2.05) is 0 Å². The Balaban J connectivity index is 2.47. The largest absolute Gasteiger partial charge is 0.0812 e. The molecule has 0 aliphatic carbocycles. The third-order valence-electron chi connectivity index (χ3n) is 8.28. The van der Waals surface area contributed by atoms with Gasteiger partial charge in [0.2, 0.25) is 0 Å². The zero-order valence-electron chi connectivity index (χ0n) is 21.1. The SMILES string of the molecule is CC(C)C1[Si](c2ccccc2)([Si](C)(C)C)C(C(C)C)[Si]1(c1ccccc1)[Si](C)(C)C. The van der Waals surface area contributed by atoms with Gasteiger partial charge in [-0.3, -0.25) is 0 Å². The molecule has 1 heterocycles. The molecular formula is C26H44Si4. The van der Waals surface area contributed by atoms with Crippen molar-refractivity contribution in [3.05, 3.63) is 60.7 Å². The van der Waals surface area contributed by atoms with Crippen molar-refractivity contribution in [2.24, 2.45) is 11.8 Å². The van der Waals surface area contributed by atoms with Gasteiger partial charge in [0.1, 0.15) is 0 Å². The summed E-state index contributed by atoms with van der Waals surface area (Å²) in [6.45, 7) is 26.7. The lowest BCUT2D eigenvalue weighted by Gasteiger charge is -2.77. The molecule has 1 aliphatic rings. The van der Waals surface area contributed by atoms with Gasteiger partial charge < -0.3 is 0 Å². The fraction of sp³-hybridized carbons (Fsp3) is 0.538. The second kappa shape index (κ2) is 8.02. The van der Waals surface area contributed by atoms with Crippen molar-refractivity contribution in [1.29, 1.82) is 0 Å². The zero-order valence-corrected chi connectivity index (χ0v) is 25.1. The Morgan fingerprint density at radius 3 is 1.00 bits per heavy atom. The van der Waals surface area contributed by atoms with Gasteiger partial charge in [0.15, 0.2) is 0 Å². The smallest absolute Gasteiger partial charge is 0.0712 e. The summed E-state index contributed by atoms with van der Waals surface area (Å²) in [5.74, 6) is 1.55. The molecule has 0 spiro atoms. The molecule has 30 heavy (non-hydrogen) atoms. The van der Waals surface area contributed by atoms with Crippen molar-refractivity contribution in [2.75, 3.05) is 0 Å². The lowest BCUT2D eigenvalue weighted by atomic mass is 10.2. The van der Waals surface area contributed by atoms with E-state index in [0.29, 0.717) is 0 Å². The van der Waals surface area contributed by atoms with E-state index in [9.17, 15) is 0 Å². The van der Waals surface area contributed by atoms with Gasteiger partial charge in [0, 0.05) is 15.2 Å². The summed E-state index contributed by atoms with van der Waals surface area (Å²) in [5, 5.41) is 5.50. The Bertz CT molecular complexity index is 763. The molecule has 3 rings (SSSR count). The highest BCUT2D eigenvalue weighted by molar-refractivity contribution is 7.67. The number of hydrogen-bond donors (Lipinski definition) is 0. The minimum absolute atomic E-state index is 0.775. The normalized spacial score (nSPS) is 29.9. The van der Waals surface area contributed by atoms with Crippen LogP contribution in [0.3, 0.4) is 0 Å². The van der Waals surface area contributed by atoms with Crippen LogP contribution in [0.5, 0.6) is 0 Å². The molecule has 1 fully saturated rings. The average molecular weight is 469 g/mol. The van der Waals surface area contributed by atoms with E-state index in [1.165, 1.54) is 0 Å². The predicted molar refractivity (Wildman–Crippen MR) is 148 cm³/mol. The average Bonchev–Trinajstić information content (AvgIpc) is 2.60. The van der Waals surface area contributed by atoms with Gasteiger partial charge in [0.05, 0.1) is 15.2 Å². The van der Waals surface area contributed by atoms with Gasteiger partial charge in [-0.25, -0.2) is 0 Å². The molecule has 2 aromatic carbocycles. The van der Waals surface area contributed by atoms with Crippen LogP contribution in [0, 0.1) is 11.8 Å². The van der Waals surface area contributed by atoms with Crippen LogP contribution < -0.4 is 10.4 Å². The van der Waals surface area contributed by atoms with E-state index in [2.05, 4.69) is 128 Å². The summed E-state index contributed by atoms with van der Waals surface area (Å²) in [6.07, 6.45) is 0. The maximum absolute atomic E-state index is 2.73. The minimum Gasteiger partial charge on any atom is -0.0712 e. The van der Waals surface area contributed by atoms with Crippen LogP contribution in [0.4, 0.5) is 0 Å². The molecule has 1 saturated heterocycles. The maximum atomic E-state index is 2.73. The Kier molecular flexibility index (Phi) is 6.40. The summed E-state index contributed by atoms with van der Waals surface area (Å²) in [6, 6.07) is 24.0. The minimum atomic E-state index is -1.70.